The minimum Gasteiger partial charge on any atom is -0.481 e. The van der Waals surface area contributed by atoms with Crippen LogP contribution in [0.15, 0.2) is 47.1 Å². The van der Waals surface area contributed by atoms with Crippen molar-refractivity contribution in [2.24, 2.45) is 39.7 Å². The van der Waals surface area contributed by atoms with Crippen molar-refractivity contribution in [3.63, 3.8) is 0 Å². The molecule has 3 fully saturated rings. The number of amides is 1. The third-order valence-corrected chi connectivity index (χ3v) is 11.1. The number of oxime groups is 1. The van der Waals surface area contributed by atoms with Gasteiger partial charge in [-0.15, -0.1) is 0 Å². The number of allylic oxidation sites excluding steroid dienone is 2. The maximum absolute atomic E-state index is 12.4. The Morgan fingerprint density at radius 2 is 1.82 bits per heavy atom. The SMILES string of the molecule is CC(=O)[C@@H]1CC[C@@H]2[C@@H]3CCC4=C/C(=N\OCC(=O)NC[C@@H](CC(=O)O)c5ccccc5)CC[C@]4(C)[C@@H]3CC[C@@]21C. The van der Waals surface area contributed by atoms with E-state index in [1.54, 1.807) is 6.92 Å². The smallest absolute Gasteiger partial charge is 0.304 e. The van der Waals surface area contributed by atoms with Crippen molar-refractivity contribution in [2.45, 2.75) is 84.5 Å². The van der Waals surface area contributed by atoms with E-state index < -0.39 is 5.97 Å². The molecule has 0 heterocycles. The first-order chi connectivity index (χ1) is 19.1. The molecular weight excluding hydrogens is 504 g/mol. The average Bonchev–Trinajstić information content (AvgIpc) is 3.29. The number of aliphatic carboxylic acids is 1. The Labute approximate surface area is 237 Å². The highest BCUT2D eigenvalue weighted by Crippen LogP contribution is 2.66. The molecule has 0 saturated heterocycles. The normalized spacial score (nSPS) is 34.6. The van der Waals surface area contributed by atoms with E-state index in [9.17, 15) is 19.5 Å². The lowest BCUT2D eigenvalue weighted by Gasteiger charge is -2.58. The van der Waals surface area contributed by atoms with Crippen molar-refractivity contribution >= 4 is 23.4 Å². The molecule has 5 rings (SSSR count). The van der Waals surface area contributed by atoms with Crippen molar-refractivity contribution in [2.75, 3.05) is 13.2 Å². The van der Waals surface area contributed by atoms with Crippen LogP contribution < -0.4 is 5.32 Å². The topological polar surface area (TPSA) is 105 Å². The minimum atomic E-state index is -0.900. The zero-order valence-electron chi connectivity index (χ0n) is 24.2. The summed E-state index contributed by atoms with van der Waals surface area (Å²) >= 11 is 0. The number of Topliss-reactive ketones (excluding diaryl/α,β-unsaturated/α-hetero) is 1. The van der Waals surface area contributed by atoms with Gasteiger partial charge in [0.15, 0.2) is 6.61 Å². The van der Waals surface area contributed by atoms with Gasteiger partial charge in [-0.1, -0.05) is 54.9 Å². The van der Waals surface area contributed by atoms with E-state index in [1.165, 1.54) is 24.8 Å². The van der Waals surface area contributed by atoms with Crippen LogP contribution in [0.1, 0.15) is 90.0 Å². The van der Waals surface area contributed by atoms with E-state index in [-0.39, 0.29) is 48.1 Å². The van der Waals surface area contributed by atoms with Crippen molar-refractivity contribution in [3.8, 4) is 0 Å². The Hall–Kier alpha value is -2.96. The molecule has 1 amide bonds. The van der Waals surface area contributed by atoms with Gasteiger partial charge in [-0.3, -0.25) is 14.4 Å². The molecule has 3 saturated carbocycles. The van der Waals surface area contributed by atoms with Gasteiger partial charge >= 0.3 is 5.97 Å². The van der Waals surface area contributed by atoms with Crippen LogP contribution in [0.4, 0.5) is 0 Å². The van der Waals surface area contributed by atoms with E-state index in [1.807, 2.05) is 30.3 Å². The predicted octanol–water partition coefficient (Wildman–Crippen LogP) is 5.90. The fourth-order valence-corrected chi connectivity index (χ4v) is 9.02. The molecule has 4 aliphatic carbocycles. The number of carboxylic acid groups (broad SMARTS) is 1. The summed E-state index contributed by atoms with van der Waals surface area (Å²) in [6.45, 7) is 6.67. The van der Waals surface area contributed by atoms with Gasteiger partial charge in [-0.25, -0.2) is 0 Å². The molecule has 0 aliphatic heterocycles. The number of carbonyl (C=O) groups excluding carboxylic acids is 2. The lowest BCUT2D eigenvalue weighted by molar-refractivity contribution is -0.137. The monoisotopic (exact) mass is 548 g/mol. The van der Waals surface area contributed by atoms with Gasteiger partial charge in [-0.05, 0) is 98.5 Å². The molecule has 0 spiro atoms. The van der Waals surface area contributed by atoms with Gasteiger partial charge in [-0.2, -0.15) is 0 Å². The highest BCUT2D eigenvalue weighted by Gasteiger charge is 2.59. The number of ketones is 1. The summed E-state index contributed by atoms with van der Waals surface area (Å²) in [4.78, 5) is 41.6. The highest BCUT2D eigenvalue weighted by atomic mass is 16.6. The van der Waals surface area contributed by atoms with Crippen LogP contribution in [0.25, 0.3) is 0 Å². The molecule has 216 valence electrons. The zero-order chi connectivity index (χ0) is 28.5. The Balaban J connectivity index is 1.17. The zero-order valence-corrected chi connectivity index (χ0v) is 24.2. The number of rotatable bonds is 9. The Bertz CT molecular complexity index is 1190. The summed E-state index contributed by atoms with van der Waals surface area (Å²) in [5.41, 5.74) is 3.59. The number of nitrogens with zero attached hydrogens (tertiary/aromatic N) is 1. The van der Waals surface area contributed by atoms with Gasteiger partial charge in [0.1, 0.15) is 5.78 Å². The molecule has 0 unspecified atom stereocenters. The first kappa shape index (κ1) is 28.6. The summed E-state index contributed by atoms with van der Waals surface area (Å²) in [5.74, 6) is 1.13. The summed E-state index contributed by atoms with van der Waals surface area (Å²) < 4.78 is 0. The van der Waals surface area contributed by atoms with E-state index in [4.69, 9.17) is 4.84 Å². The Morgan fingerprint density at radius 3 is 2.55 bits per heavy atom. The maximum atomic E-state index is 12.4. The number of carboxylic acids is 1. The van der Waals surface area contributed by atoms with Crippen molar-refractivity contribution < 1.29 is 24.3 Å². The first-order valence-electron chi connectivity index (χ1n) is 15.1. The van der Waals surface area contributed by atoms with Crippen LogP contribution in [-0.4, -0.2) is 41.6 Å². The highest BCUT2D eigenvalue weighted by molar-refractivity contribution is 5.96. The number of benzene rings is 1. The third-order valence-electron chi connectivity index (χ3n) is 11.1. The number of carbonyl (C=O) groups is 3. The number of fused-ring (bicyclic) bond motifs is 5. The molecule has 0 radical (unpaired) electrons. The van der Waals surface area contributed by atoms with Gasteiger partial charge in [0, 0.05) is 18.4 Å². The molecule has 1 aromatic rings. The summed E-state index contributed by atoms with van der Waals surface area (Å²) in [6, 6.07) is 9.37. The quantitative estimate of drug-likeness (QED) is 0.374. The Kier molecular flexibility index (Phi) is 8.21. The van der Waals surface area contributed by atoms with Gasteiger partial charge in [0.05, 0.1) is 12.1 Å². The van der Waals surface area contributed by atoms with Crippen LogP contribution in [-0.2, 0) is 19.2 Å². The van der Waals surface area contributed by atoms with Crippen LogP contribution in [0.5, 0.6) is 0 Å². The number of nitrogens with one attached hydrogen (secondary N) is 1. The minimum absolute atomic E-state index is 0.0566. The first-order valence-corrected chi connectivity index (χ1v) is 15.1. The van der Waals surface area contributed by atoms with E-state index in [0.29, 0.717) is 23.5 Å². The van der Waals surface area contributed by atoms with Crippen LogP contribution in [0, 0.1) is 34.5 Å². The molecule has 2 N–H and O–H groups in total. The molecule has 0 bridgehead atoms. The Morgan fingerprint density at radius 1 is 1.05 bits per heavy atom. The van der Waals surface area contributed by atoms with Gasteiger partial charge in [0.2, 0.25) is 0 Å². The van der Waals surface area contributed by atoms with E-state index >= 15 is 0 Å². The number of hydrogen-bond acceptors (Lipinski definition) is 5. The molecule has 7 atom stereocenters. The molecular formula is C33H44N2O5. The molecule has 0 aromatic heterocycles. The van der Waals surface area contributed by atoms with Crippen molar-refractivity contribution in [1.29, 1.82) is 0 Å². The average molecular weight is 549 g/mol. The molecule has 40 heavy (non-hydrogen) atoms. The number of hydrogen-bond donors (Lipinski definition) is 2. The maximum Gasteiger partial charge on any atom is 0.304 e. The largest absolute Gasteiger partial charge is 0.481 e. The van der Waals surface area contributed by atoms with E-state index in [0.717, 1.165) is 43.4 Å². The summed E-state index contributed by atoms with van der Waals surface area (Å²) in [5, 5.41) is 16.4. The molecule has 7 nitrogen and oxygen atoms in total. The van der Waals surface area contributed by atoms with Crippen LogP contribution in [0.2, 0.25) is 0 Å². The van der Waals surface area contributed by atoms with Crippen LogP contribution >= 0.6 is 0 Å². The van der Waals surface area contributed by atoms with Gasteiger partial charge in [0.25, 0.3) is 5.91 Å². The second-order valence-corrected chi connectivity index (χ2v) is 13.2. The lowest BCUT2D eigenvalue weighted by Crippen LogP contribution is -2.51. The summed E-state index contributed by atoms with van der Waals surface area (Å²) in [6.07, 6.45) is 10.9. The third kappa shape index (κ3) is 5.48. The lowest BCUT2D eigenvalue weighted by atomic mass is 9.46. The van der Waals surface area contributed by atoms with Crippen molar-refractivity contribution in [1.82, 2.24) is 5.32 Å². The second-order valence-electron chi connectivity index (χ2n) is 13.2. The molecule has 4 aliphatic rings. The van der Waals surface area contributed by atoms with Gasteiger partial charge < -0.3 is 15.3 Å². The second kappa shape index (κ2) is 11.5. The standard InChI is InChI=1S/C33H44N2O5/c1-21(36)27-11-12-28-26-10-9-24-18-25(13-15-32(24,2)29(26)14-16-33(27,28)3)35-40-20-30(37)34-19-23(17-31(38)39)22-7-5-4-6-8-22/h4-8,18,23,26-29H,9-17,19-20H2,1-3H3,(H,34,37)(H,38,39)/b35-25-/t23-,26+,27+,28-,29-,32+,33-/m1/s1. The van der Waals surface area contributed by atoms with E-state index in [2.05, 4.69) is 30.4 Å². The fourth-order valence-electron chi connectivity index (χ4n) is 9.02. The van der Waals surface area contributed by atoms with Crippen LogP contribution in [0.3, 0.4) is 0 Å². The summed E-state index contributed by atoms with van der Waals surface area (Å²) in [7, 11) is 0. The molecule has 7 heteroatoms. The fraction of sp³-hybridized carbons (Fsp3) is 0.636. The van der Waals surface area contributed by atoms with Crippen molar-refractivity contribution in [3.05, 3.63) is 47.5 Å². The predicted molar refractivity (Wildman–Crippen MR) is 154 cm³/mol. The molecule has 1 aromatic carbocycles.